The summed E-state index contributed by atoms with van der Waals surface area (Å²) < 4.78 is 0. The second-order valence-electron chi connectivity index (χ2n) is 5.58. The van der Waals surface area contributed by atoms with Gasteiger partial charge in [0.25, 0.3) is 0 Å². The van der Waals surface area contributed by atoms with Gasteiger partial charge in [-0.3, -0.25) is 0 Å². The highest BCUT2D eigenvalue weighted by Gasteiger charge is 2.13. The van der Waals surface area contributed by atoms with E-state index < -0.39 is 0 Å². The number of aromatic nitrogens is 1. The number of hydrogen-bond acceptors (Lipinski definition) is 3. The van der Waals surface area contributed by atoms with Crippen LogP contribution in [0.5, 0.6) is 0 Å². The zero-order valence-electron chi connectivity index (χ0n) is 13.4. The van der Waals surface area contributed by atoms with E-state index in [4.69, 9.17) is 4.98 Å². The lowest BCUT2D eigenvalue weighted by atomic mass is 10.1. The van der Waals surface area contributed by atoms with Crippen LogP contribution in [0.3, 0.4) is 0 Å². The normalized spacial score (nSPS) is 11.1. The molecule has 0 saturated carbocycles. The van der Waals surface area contributed by atoms with E-state index >= 15 is 0 Å². The predicted octanol–water partition coefficient (Wildman–Crippen LogP) is 3.29. The van der Waals surface area contributed by atoms with Crippen molar-refractivity contribution in [2.24, 2.45) is 5.92 Å². The summed E-state index contributed by atoms with van der Waals surface area (Å²) in [5, 5.41) is 3.54. The number of aryl methyl sites for hydroxylation is 2. The summed E-state index contributed by atoms with van der Waals surface area (Å²) in [5.74, 6) is 1.83. The number of pyridine rings is 1. The van der Waals surface area contributed by atoms with Crippen molar-refractivity contribution in [3.05, 3.63) is 22.9 Å². The van der Waals surface area contributed by atoms with E-state index in [1.807, 2.05) is 0 Å². The highest BCUT2D eigenvalue weighted by atomic mass is 15.2. The first-order valence-corrected chi connectivity index (χ1v) is 7.42. The molecule has 0 aliphatic carbocycles. The Morgan fingerprint density at radius 3 is 2.37 bits per heavy atom. The first kappa shape index (κ1) is 16.0. The van der Waals surface area contributed by atoms with E-state index in [1.165, 1.54) is 11.1 Å². The Labute approximate surface area is 118 Å². The quantitative estimate of drug-likeness (QED) is 0.818. The molecule has 0 atom stereocenters. The van der Waals surface area contributed by atoms with Gasteiger partial charge in [0.2, 0.25) is 0 Å². The van der Waals surface area contributed by atoms with Crippen molar-refractivity contribution in [2.75, 3.05) is 24.5 Å². The molecule has 108 valence electrons. The fourth-order valence-electron chi connectivity index (χ4n) is 2.33. The Bertz CT molecular complexity index is 395. The topological polar surface area (TPSA) is 28.2 Å². The molecule has 0 bridgehead atoms. The van der Waals surface area contributed by atoms with Crippen LogP contribution >= 0.6 is 0 Å². The molecule has 0 amide bonds. The number of hydrogen-bond donors (Lipinski definition) is 1. The first-order valence-electron chi connectivity index (χ1n) is 7.42. The van der Waals surface area contributed by atoms with Crippen molar-refractivity contribution in [3.63, 3.8) is 0 Å². The third kappa shape index (κ3) is 4.50. The van der Waals surface area contributed by atoms with E-state index in [0.29, 0.717) is 5.92 Å². The second kappa shape index (κ2) is 7.49. The number of nitrogens with one attached hydrogen (secondary N) is 1. The van der Waals surface area contributed by atoms with Crippen LogP contribution in [0.2, 0.25) is 0 Å². The molecule has 0 aliphatic rings. The molecule has 1 aromatic heterocycles. The maximum Gasteiger partial charge on any atom is 0.133 e. The zero-order chi connectivity index (χ0) is 14.4. The largest absolute Gasteiger partial charge is 0.357 e. The molecule has 0 aromatic carbocycles. The predicted molar refractivity (Wildman–Crippen MR) is 83.8 cm³/mol. The summed E-state index contributed by atoms with van der Waals surface area (Å²) in [6.45, 7) is 17.1. The van der Waals surface area contributed by atoms with Gasteiger partial charge in [-0.25, -0.2) is 4.98 Å². The summed E-state index contributed by atoms with van der Waals surface area (Å²) >= 11 is 0. The average Bonchev–Trinajstić information content (AvgIpc) is 2.33. The van der Waals surface area contributed by atoms with Crippen molar-refractivity contribution in [1.82, 2.24) is 10.3 Å². The summed E-state index contributed by atoms with van der Waals surface area (Å²) in [6, 6.07) is 2.18. The molecule has 19 heavy (non-hydrogen) atoms. The Kier molecular flexibility index (Phi) is 6.29. The third-order valence-electron chi connectivity index (χ3n) is 3.37. The minimum Gasteiger partial charge on any atom is -0.357 e. The molecule has 1 aromatic rings. The smallest absolute Gasteiger partial charge is 0.133 e. The lowest BCUT2D eigenvalue weighted by Gasteiger charge is -2.25. The summed E-state index contributed by atoms with van der Waals surface area (Å²) in [6.07, 6.45) is 0. The first-order chi connectivity index (χ1) is 8.99. The second-order valence-corrected chi connectivity index (χ2v) is 5.58. The van der Waals surface area contributed by atoms with Crippen LogP contribution in [0.15, 0.2) is 6.07 Å². The highest BCUT2D eigenvalue weighted by molar-refractivity contribution is 5.51. The molecule has 0 fully saturated rings. The molecule has 3 nitrogen and oxygen atoms in total. The molecule has 0 saturated heterocycles. The van der Waals surface area contributed by atoms with Gasteiger partial charge in [0.1, 0.15) is 5.82 Å². The molecule has 0 unspecified atom stereocenters. The van der Waals surface area contributed by atoms with E-state index in [-0.39, 0.29) is 0 Å². The minimum absolute atomic E-state index is 0.676. The van der Waals surface area contributed by atoms with E-state index in [2.05, 4.69) is 57.8 Å². The SMILES string of the molecule is CCN(CC)c1nc(C)cc(C)c1CNCC(C)C. The molecule has 0 radical (unpaired) electrons. The molecule has 3 heteroatoms. The monoisotopic (exact) mass is 263 g/mol. The Morgan fingerprint density at radius 2 is 1.84 bits per heavy atom. The Hall–Kier alpha value is -1.09. The van der Waals surface area contributed by atoms with Crippen molar-refractivity contribution in [3.8, 4) is 0 Å². The summed E-state index contributed by atoms with van der Waals surface area (Å²) in [5.41, 5.74) is 3.78. The number of nitrogens with zero attached hydrogens (tertiary/aromatic N) is 2. The fraction of sp³-hybridized carbons (Fsp3) is 0.688. The standard InChI is InChI=1S/C16H29N3/c1-7-19(8-2)16-15(11-17-10-12(3)4)13(5)9-14(6)18-16/h9,12,17H,7-8,10-11H2,1-6H3. The minimum atomic E-state index is 0.676. The summed E-state index contributed by atoms with van der Waals surface area (Å²) in [4.78, 5) is 7.10. The van der Waals surface area contributed by atoms with Crippen LogP contribution in [0.1, 0.15) is 44.5 Å². The van der Waals surface area contributed by atoms with Crippen LogP contribution in [0.25, 0.3) is 0 Å². The van der Waals surface area contributed by atoms with Gasteiger partial charge in [0, 0.05) is 30.9 Å². The lowest BCUT2D eigenvalue weighted by molar-refractivity contribution is 0.550. The van der Waals surface area contributed by atoms with Gasteiger partial charge in [-0.1, -0.05) is 13.8 Å². The Morgan fingerprint density at radius 1 is 1.21 bits per heavy atom. The number of anilines is 1. The maximum atomic E-state index is 4.76. The van der Waals surface area contributed by atoms with E-state index in [0.717, 1.165) is 37.7 Å². The van der Waals surface area contributed by atoms with Gasteiger partial charge in [-0.05, 0) is 51.8 Å². The highest BCUT2D eigenvalue weighted by Crippen LogP contribution is 2.22. The fourth-order valence-corrected chi connectivity index (χ4v) is 2.33. The van der Waals surface area contributed by atoms with Gasteiger partial charge in [-0.15, -0.1) is 0 Å². The van der Waals surface area contributed by atoms with Crippen molar-refractivity contribution in [2.45, 2.75) is 48.1 Å². The van der Waals surface area contributed by atoms with Crippen molar-refractivity contribution in [1.29, 1.82) is 0 Å². The zero-order valence-corrected chi connectivity index (χ0v) is 13.4. The molecular weight excluding hydrogens is 234 g/mol. The van der Waals surface area contributed by atoms with Crippen LogP contribution in [-0.4, -0.2) is 24.6 Å². The van der Waals surface area contributed by atoms with Crippen molar-refractivity contribution >= 4 is 5.82 Å². The molecule has 0 aliphatic heterocycles. The van der Waals surface area contributed by atoms with Gasteiger partial charge in [-0.2, -0.15) is 0 Å². The van der Waals surface area contributed by atoms with Crippen LogP contribution < -0.4 is 10.2 Å². The molecule has 1 rings (SSSR count). The number of rotatable bonds is 7. The molecule has 1 N–H and O–H groups in total. The van der Waals surface area contributed by atoms with Gasteiger partial charge in [0.05, 0.1) is 0 Å². The van der Waals surface area contributed by atoms with Crippen LogP contribution in [0.4, 0.5) is 5.82 Å². The van der Waals surface area contributed by atoms with Gasteiger partial charge >= 0.3 is 0 Å². The Balaban J connectivity index is 2.99. The van der Waals surface area contributed by atoms with E-state index in [1.54, 1.807) is 0 Å². The van der Waals surface area contributed by atoms with Crippen molar-refractivity contribution < 1.29 is 0 Å². The average molecular weight is 263 g/mol. The third-order valence-corrected chi connectivity index (χ3v) is 3.37. The molecule has 0 spiro atoms. The van der Waals surface area contributed by atoms with Crippen LogP contribution in [0, 0.1) is 19.8 Å². The molecule has 1 heterocycles. The van der Waals surface area contributed by atoms with Gasteiger partial charge in [0.15, 0.2) is 0 Å². The lowest BCUT2D eigenvalue weighted by Crippen LogP contribution is -2.27. The summed E-state index contributed by atoms with van der Waals surface area (Å²) in [7, 11) is 0. The van der Waals surface area contributed by atoms with Crippen LogP contribution in [-0.2, 0) is 6.54 Å². The van der Waals surface area contributed by atoms with Gasteiger partial charge < -0.3 is 10.2 Å². The molecular formula is C16H29N3. The van der Waals surface area contributed by atoms with E-state index in [9.17, 15) is 0 Å². The maximum absolute atomic E-state index is 4.76.